The minimum absolute atomic E-state index is 0.0588. The third kappa shape index (κ3) is 3.33. The van der Waals surface area contributed by atoms with Crippen molar-refractivity contribution in [2.75, 3.05) is 32.2 Å². The van der Waals surface area contributed by atoms with Crippen molar-refractivity contribution in [1.82, 2.24) is 0 Å². The molecule has 1 atom stereocenters. The zero-order valence-electron chi connectivity index (χ0n) is 10.6. The number of methoxy groups -OCH3 is 1. The molecular formula is C12H16N2O5. The molecule has 7 heteroatoms. The summed E-state index contributed by atoms with van der Waals surface area (Å²) in [6.07, 6.45) is 0.548. The molecule has 7 nitrogen and oxygen atoms in total. The summed E-state index contributed by atoms with van der Waals surface area (Å²) in [5, 5.41) is 23.9. The summed E-state index contributed by atoms with van der Waals surface area (Å²) in [6, 6.07) is 4.40. The second-order valence-corrected chi connectivity index (χ2v) is 4.56. The van der Waals surface area contributed by atoms with E-state index in [4.69, 9.17) is 9.47 Å². The van der Waals surface area contributed by atoms with Crippen LogP contribution in [-0.4, -0.2) is 42.5 Å². The van der Waals surface area contributed by atoms with Gasteiger partial charge >= 0.3 is 0 Å². The fourth-order valence-electron chi connectivity index (χ4n) is 1.91. The topological polar surface area (TPSA) is 93.9 Å². The number of rotatable bonds is 5. The maximum absolute atomic E-state index is 10.8. The number of nitrogens with one attached hydrogen (secondary N) is 1. The number of nitrogens with zero attached hydrogens (tertiary/aromatic N) is 1. The first-order valence-electron chi connectivity index (χ1n) is 5.90. The van der Waals surface area contributed by atoms with Crippen LogP contribution >= 0.6 is 0 Å². The number of hydrogen-bond donors (Lipinski definition) is 2. The highest BCUT2D eigenvalue weighted by Crippen LogP contribution is 2.27. The molecule has 2 rings (SSSR count). The average Bonchev–Trinajstić information content (AvgIpc) is 2.83. The summed E-state index contributed by atoms with van der Waals surface area (Å²) in [4.78, 5) is 10.3. The fraction of sp³-hybridized carbons (Fsp3) is 0.500. The SMILES string of the molecule is COc1cc(NCC2(O)CCOC2)cc([N+](=O)[O-])c1. The fourth-order valence-corrected chi connectivity index (χ4v) is 1.91. The zero-order chi connectivity index (χ0) is 13.9. The van der Waals surface area contributed by atoms with E-state index in [2.05, 4.69) is 5.32 Å². The highest BCUT2D eigenvalue weighted by atomic mass is 16.6. The van der Waals surface area contributed by atoms with Crippen LogP contribution in [-0.2, 0) is 4.74 Å². The summed E-state index contributed by atoms with van der Waals surface area (Å²) in [7, 11) is 1.45. The van der Waals surface area contributed by atoms with Crippen LogP contribution in [0.15, 0.2) is 18.2 Å². The molecule has 2 N–H and O–H groups in total. The van der Waals surface area contributed by atoms with Gasteiger partial charge in [0.05, 0.1) is 24.7 Å². The minimum atomic E-state index is -0.919. The van der Waals surface area contributed by atoms with Gasteiger partial charge in [-0.2, -0.15) is 0 Å². The smallest absolute Gasteiger partial charge is 0.275 e. The monoisotopic (exact) mass is 268 g/mol. The molecule has 1 heterocycles. The van der Waals surface area contributed by atoms with Crippen LogP contribution in [0, 0.1) is 10.1 Å². The molecule has 1 saturated heterocycles. The lowest BCUT2D eigenvalue weighted by Gasteiger charge is -2.21. The molecule has 0 amide bonds. The summed E-state index contributed by atoms with van der Waals surface area (Å²) >= 11 is 0. The van der Waals surface area contributed by atoms with Gasteiger partial charge in [-0.1, -0.05) is 0 Å². The van der Waals surface area contributed by atoms with Crippen molar-refractivity contribution in [2.45, 2.75) is 12.0 Å². The van der Waals surface area contributed by atoms with Gasteiger partial charge in [0.1, 0.15) is 11.4 Å². The highest BCUT2D eigenvalue weighted by molar-refractivity contribution is 5.56. The van der Waals surface area contributed by atoms with Gasteiger partial charge in [0.25, 0.3) is 5.69 Å². The first-order chi connectivity index (χ1) is 9.02. The van der Waals surface area contributed by atoms with E-state index in [1.54, 1.807) is 6.07 Å². The van der Waals surface area contributed by atoms with Gasteiger partial charge in [0.15, 0.2) is 0 Å². The van der Waals surface area contributed by atoms with Crippen molar-refractivity contribution in [2.24, 2.45) is 0 Å². The van der Waals surface area contributed by atoms with Crippen molar-refractivity contribution < 1.29 is 19.5 Å². The van der Waals surface area contributed by atoms with Crippen molar-refractivity contribution in [3.05, 3.63) is 28.3 Å². The van der Waals surface area contributed by atoms with Gasteiger partial charge < -0.3 is 19.9 Å². The van der Waals surface area contributed by atoms with Gasteiger partial charge in [-0.3, -0.25) is 10.1 Å². The van der Waals surface area contributed by atoms with Crippen molar-refractivity contribution in [1.29, 1.82) is 0 Å². The molecule has 0 spiro atoms. The summed E-state index contributed by atoms with van der Waals surface area (Å²) in [5.74, 6) is 0.395. The summed E-state index contributed by atoms with van der Waals surface area (Å²) in [5.41, 5.74) is -0.444. The molecule has 1 aromatic rings. The van der Waals surface area contributed by atoms with Crippen molar-refractivity contribution in [3.8, 4) is 5.75 Å². The molecule has 1 fully saturated rings. The molecule has 19 heavy (non-hydrogen) atoms. The van der Waals surface area contributed by atoms with Crippen LogP contribution in [0.3, 0.4) is 0 Å². The third-order valence-electron chi connectivity index (χ3n) is 3.04. The minimum Gasteiger partial charge on any atom is -0.496 e. The first-order valence-corrected chi connectivity index (χ1v) is 5.90. The second-order valence-electron chi connectivity index (χ2n) is 4.56. The molecule has 1 aromatic carbocycles. The van der Waals surface area contributed by atoms with Crippen LogP contribution in [0.5, 0.6) is 5.75 Å². The Bertz CT molecular complexity index is 471. The maximum Gasteiger partial charge on any atom is 0.275 e. The molecule has 0 aliphatic carbocycles. The molecule has 1 aliphatic rings. The van der Waals surface area contributed by atoms with Crippen LogP contribution in [0.4, 0.5) is 11.4 Å². The average molecular weight is 268 g/mol. The normalized spacial score (nSPS) is 22.2. The highest BCUT2D eigenvalue weighted by Gasteiger charge is 2.32. The molecule has 0 saturated carbocycles. The van der Waals surface area contributed by atoms with E-state index in [-0.39, 0.29) is 18.8 Å². The van der Waals surface area contributed by atoms with Crippen molar-refractivity contribution >= 4 is 11.4 Å². The number of hydrogen-bond acceptors (Lipinski definition) is 6. The molecule has 1 unspecified atom stereocenters. The van der Waals surface area contributed by atoms with Crippen LogP contribution in [0.1, 0.15) is 6.42 Å². The lowest BCUT2D eigenvalue weighted by atomic mass is 10.0. The lowest BCUT2D eigenvalue weighted by Crippen LogP contribution is -2.37. The van der Waals surface area contributed by atoms with E-state index in [9.17, 15) is 15.2 Å². The predicted molar refractivity (Wildman–Crippen MR) is 68.5 cm³/mol. The molecular weight excluding hydrogens is 252 g/mol. The van der Waals surface area contributed by atoms with Gasteiger partial charge in [-0.15, -0.1) is 0 Å². The quantitative estimate of drug-likeness (QED) is 0.615. The third-order valence-corrected chi connectivity index (χ3v) is 3.04. The Labute approximate surface area is 110 Å². The number of nitro benzene ring substituents is 1. The van der Waals surface area contributed by atoms with E-state index in [0.717, 1.165) is 0 Å². The lowest BCUT2D eigenvalue weighted by molar-refractivity contribution is -0.384. The van der Waals surface area contributed by atoms with Gasteiger partial charge in [-0.05, 0) is 0 Å². The molecule has 0 bridgehead atoms. The Balaban J connectivity index is 2.10. The Morgan fingerprint density at radius 2 is 2.37 bits per heavy atom. The van der Waals surface area contributed by atoms with Crippen LogP contribution < -0.4 is 10.1 Å². The number of anilines is 1. The molecule has 1 aliphatic heterocycles. The summed E-state index contributed by atoms with van der Waals surface area (Å²) in [6.45, 7) is 1.07. The van der Waals surface area contributed by atoms with E-state index in [1.807, 2.05) is 0 Å². The van der Waals surface area contributed by atoms with Gasteiger partial charge in [-0.25, -0.2) is 0 Å². The van der Waals surface area contributed by atoms with Crippen LogP contribution in [0.2, 0.25) is 0 Å². The van der Waals surface area contributed by atoms with Gasteiger partial charge in [0, 0.05) is 37.4 Å². The molecule has 0 aromatic heterocycles. The Morgan fingerprint density at radius 1 is 1.58 bits per heavy atom. The Hall–Kier alpha value is -1.86. The molecule has 0 radical (unpaired) electrons. The summed E-state index contributed by atoms with van der Waals surface area (Å²) < 4.78 is 10.1. The Kier molecular flexibility index (Phi) is 3.87. The number of benzene rings is 1. The van der Waals surface area contributed by atoms with E-state index in [0.29, 0.717) is 24.5 Å². The first kappa shape index (κ1) is 13.6. The Morgan fingerprint density at radius 3 is 2.95 bits per heavy atom. The van der Waals surface area contributed by atoms with E-state index in [1.165, 1.54) is 19.2 Å². The number of aliphatic hydroxyl groups is 1. The standard InChI is InChI=1S/C12H16N2O5/c1-18-11-5-9(4-10(6-11)14(16)17)13-7-12(15)2-3-19-8-12/h4-6,13,15H,2-3,7-8H2,1H3. The number of non-ortho nitro benzene ring substituents is 1. The zero-order valence-corrected chi connectivity index (χ0v) is 10.6. The maximum atomic E-state index is 10.8. The van der Waals surface area contributed by atoms with E-state index < -0.39 is 10.5 Å². The predicted octanol–water partition coefficient (Wildman–Crippen LogP) is 1.17. The number of nitro groups is 1. The second kappa shape index (κ2) is 5.41. The van der Waals surface area contributed by atoms with Gasteiger partial charge in [0.2, 0.25) is 0 Å². The van der Waals surface area contributed by atoms with E-state index >= 15 is 0 Å². The molecule has 104 valence electrons. The number of ether oxygens (including phenoxy) is 2. The largest absolute Gasteiger partial charge is 0.496 e. The van der Waals surface area contributed by atoms with Crippen molar-refractivity contribution in [3.63, 3.8) is 0 Å². The van der Waals surface area contributed by atoms with Crippen LogP contribution in [0.25, 0.3) is 0 Å².